The number of fused-ring (bicyclic) bond motifs is 1. The van der Waals surface area contributed by atoms with Crippen LogP contribution in [0.5, 0.6) is 5.75 Å². The minimum Gasteiger partial charge on any atom is -0.745 e. The molecule has 32 heavy (non-hydrogen) atoms. The summed E-state index contributed by atoms with van der Waals surface area (Å²) >= 11 is 0. The first kappa shape index (κ1) is 25.7. The summed E-state index contributed by atoms with van der Waals surface area (Å²) < 4.78 is 42.1. The zero-order valence-electron chi connectivity index (χ0n) is 19.1. The number of nitrogens with zero attached hydrogens (tertiary/aromatic N) is 1. The molecule has 1 saturated heterocycles. The van der Waals surface area contributed by atoms with Crippen molar-refractivity contribution in [1.82, 2.24) is 4.90 Å². The number of aliphatic hydroxyl groups is 1. The predicted molar refractivity (Wildman–Crippen MR) is 118 cm³/mol. The second kappa shape index (κ2) is 10.1. The van der Waals surface area contributed by atoms with Gasteiger partial charge in [-0.3, -0.25) is 4.90 Å². The minimum atomic E-state index is -4.97. The second-order valence-electron chi connectivity index (χ2n) is 8.97. The molecular weight excluding hydrogens is 437 g/mol. The van der Waals surface area contributed by atoms with Gasteiger partial charge in [0.2, 0.25) is 0 Å². The summed E-state index contributed by atoms with van der Waals surface area (Å²) in [5.74, 6) is 0.125. The fraction of sp³-hybridized carbons (Fsp3) is 0.500. The quantitative estimate of drug-likeness (QED) is 0.481. The minimum absolute atomic E-state index is 0. The standard InChI is InChI=1S/C24H31NO5S.Na/c1-17-12-20-14-21(24(26,31(27,28)29)22(20)15-23(17)30-2)13-18-8-10-25(11-9-18)16-19-6-4-3-5-7-19;/h3-7,12,15,18,21,26H,8-11,13-14,16H2,1-2H3,(H,27,28,29);/q;+1/p-1. The number of likely N-dealkylation sites (tertiary alicyclic amines) is 1. The summed E-state index contributed by atoms with van der Waals surface area (Å²) in [7, 11) is -3.47. The molecule has 2 unspecified atom stereocenters. The van der Waals surface area contributed by atoms with Crippen molar-refractivity contribution >= 4 is 10.1 Å². The maximum absolute atomic E-state index is 12.3. The number of hydrogen-bond donors (Lipinski definition) is 1. The molecule has 1 N–H and O–H groups in total. The number of rotatable bonds is 6. The molecule has 6 nitrogen and oxygen atoms in total. The van der Waals surface area contributed by atoms with Gasteiger partial charge in [-0.05, 0) is 74.4 Å². The van der Waals surface area contributed by atoms with Crippen LogP contribution in [0.3, 0.4) is 0 Å². The molecule has 0 spiro atoms. The third-order valence-corrected chi connectivity index (χ3v) is 8.30. The Morgan fingerprint density at radius 3 is 2.44 bits per heavy atom. The van der Waals surface area contributed by atoms with Crippen LogP contribution < -0.4 is 34.3 Å². The first-order chi connectivity index (χ1) is 14.7. The van der Waals surface area contributed by atoms with E-state index in [4.69, 9.17) is 4.74 Å². The van der Waals surface area contributed by atoms with E-state index in [0.29, 0.717) is 18.6 Å². The van der Waals surface area contributed by atoms with Gasteiger partial charge in [-0.15, -0.1) is 0 Å². The molecule has 2 aromatic rings. The fourth-order valence-electron chi connectivity index (χ4n) is 5.30. The summed E-state index contributed by atoms with van der Waals surface area (Å²) in [6.45, 7) is 4.63. The fourth-order valence-corrected chi connectivity index (χ4v) is 6.35. The van der Waals surface area contributed by atoms with E-state index >= 15 is 0 Å². The van der Waals surface area contributed by atoms with Crippen LogP contribution in [0.2, 0.25) is 0 Å². The Morgan fingerprint density at radius 1 is 1.19 bits per heavy atom. The smallest absolute Gasteiger partial charge is 0.745 e. The molecule has 0 amide bonds. The summed E-state index contributed by atoms with van der Waals surface area (Å²) in [6, 6.07) is 13.7. The summed E-state index contributed by atoms with van der Waals surface area (Å²) in [6.07, 6.45) is 2.77. The first-order valence-electron chi connectivity index (χ1n) is 10.8. The van der Waals surface area contributed by atoms with Crippen LogP contribution in [0.25, 0.3) is 0 Å². The molecule has 168 valence electrons. The molecular formula is C24H30NNaO5S. The maximum Gasteiger partial charge on any atom is 1.00 e. The van der Waals surface area contributed by atoms with Crippen molar-refractivity contribution in [3.05, 3.63) is 64.7 Å². The van der Waals surface area contributed by atoms with E-state index in [1.165, 1.54) is 18.7 Å². The van der Waals surface area contributed by atoms with Crippen LogP contribution in [0.4, 0.5) is 0 Å². The molecule has 2 atom stereocenters. The second-order valence-corrected chi connectivity index (χ2v) is 10.5. The van der Waals surface area contributed by atoms with Crippen LogP contribution in [-0.4, -0.2) is 43.2 Å². The number of ether oxygens (including phenoxy) is 1. The normalized spacial score (nSPS) is 24.1. The van der Waals surface area contributed by atoms with E-state index in [-0.39, 0.29) is 41.0 Å². The van der Waals surface area contributed by atoms with Gasteiger partial charge in [0.15, 0.2) is 4.93 Å². The van der Waals surface area contributed by atoms with E-state index < -0.39 is 21.0 Å². The topological polar surface area (TPSA) is 89.9 Å². The number of piperidine rings is 1. The Bertz CT molecular complexity index is 1040. The zero-order chi connectivity index (χ0) is 22.2. The van der Waals surface area contributed by atoms with Gasteiger partial charge in [0.25, 0.3) is 0 Å². The van der Waals surface area contributed by atoms with Gasteiger partial charge in [-0.1, -0.05) is 36.4 Å². The molecule has 2 aromatic carbocycles. The predicted octanol–water partition coefficient (Wildman–Crippen LogP) is 0.173. The Kier molecular flexibility index (Phi) is 8.14. The molecule has 1 aliphatic carbocycles. The maximum atomic E-state index is 12.3. The van der Waals surface area contributed by atoms with Crippen molar-refractivity contribution in [3.8, 4) is 5.75 Å². The molecule has 1 fully saturated rings. The Balaban J connectivity index is 0.00000289. The molecule has 2 aliphatic rings. The van der Waals surface area contributed by atoms with Crippen molar-refractivity contribution in [1.29, 1.82) is 0 Å². The van der Waals surface area contributed by atoms with Crippen LogP contribution in [0.15, 0.2) is 42.5 Å². The van der Waals surface area contributed by atoms with Gasteiger partial charge >= 0.3 is 29.6 Å². The number of aryl methyl sites for hydroxylation is 1. The van der Waals surface area contributed by atoms with Crippen molar-refractivity contribution < 1.29 is 52.4 Å². The monoisotopic (exact) mass is 467 g/mol. The number of benzene rings is 2. The molecule has 0 saturated carbocycles. The largest absolute Gasteiger partial charge is 1.00 e. The summed E-state index contributed by atoms with van der Waals surface area (Å²) in [5.41, 5.74) is 3.06. The summed E-state index contributed by atoms with van der Waals surface area (Å²) in [5, 5.41) is 11.3. The van der Waals surface area contributed by atoms with Crippen molar-refractivity contribution in [2.75, 3.05) is 20.2 Å². The Labute approximate surface area is 213 Å². The molecule has 1 heterocycles. The first-order valence-corrected chi connectivity index (χ1v) is 12.2. The molecule has 0 radical (unpaired) electrons. The van der Waals surface area contributed by atoms with Gasteiger partial charge in [0.05, 0.1) is 7.11 Å². The van der Waals surface area contributed by atoms with Crippen molar-refractivity contribution in [3.63, 3.8) is 0 Å². The third-order valence-electron chi connectivity index (χ3n) is 6.98. The average Bonchev–Trinajstić information content (AvgIpc) is 3.01. The van der Waals surface area contributed by atoms with Crippen LogP contribution in [0.1, 0.15) is 41.5 Å². The van der Waals surface area contributed by atoms with E-state index in [1.807, 2.05) is 31.2 Å². The van der Waals surface area contributed by atoms with Crippen LogP contribution >= 0.6 is 0 Å². The molecule has 4 rings (SSSR count). The van der Waals surface area contributed by atoms with E-state index in [1.54, 1.807) is 0 Å². The zero-order valence-corrected chi connectivity index (χ0v) is 21.9. The Morgan fingerprint density at radius 2 is 1.84 bits per heavy atom. The number of hydrogen-bond acceptors (Lipinski definition) is 6. The molecule has 8 heteroatoms. The molecule has 0 aromatic heterocycles. The molecule has 1 aliphatic heterocycles. The number of methoxy groups -OCH3 is 1. The van der Waals surface area contributed by atoms with Gasteiger partial charge in [0, 0.05) is 18.0 Å². The van der Waals surface area contributed by atoms with Crippen LogP contribution in [0, 0.1) is 18.8 Å². The molecule has 0 bridgehead atoms. The van der Waals surface area contributed by atoms with E-state index in [9.17, 15) is 18.1 Å². The van der Waals surface area contributed by atoms with Crippen LogP contribution in [-0.2, 0) is 28.0 Å². The van der Waals surface area contributed by atoms with Gasteiger partial charge in [-0.25, -0.2) is 8.42 Å². The third kappa shape index (κ3) is 4.94. The SMILES string of the molecule is COc1cc2c(cc1C)CC(CC1CCN(Cc3ccccc3)CC1)C2(O)S(=O)(=O)[O-].[Na+]. The van der Waals surface area contributed by atoms with Gasteiger partial charge in [-0.2, -0.15) is 0 Å². The van der Waals surface area contributed by atoms with E-state index in [2.05, 4.69) is 17.0 Å². The summed E-state index contributed by atoms with van der Waals surface area (Å²) in [4.78, 5) is 0.00444. The van der Waals surface area contributed by atoms with Crippen molar-refractivity contribution in [2.24, 2.45) is 11.8 Å². The Hall–Kier alpha value is -0.930. The van der Waals surface area contributed by atoms with E-state index in [0.717, 1.165) is 43.6 Å². The van der Waals surface area contributed by atoms with Gasteiger partial charge in [0.1, 0.15) is 15.9 Å². The van der Waals surface area contributed by atoms with Gasteiger partial charge < -0.3 is 14.4 Å². The average molecular weight is 468 g/mol. The van der Waals surface area contributed by atoms with Crippen molar-refractivity contribution in [2.45, 2.75) is 44.1 Å².